The van der Waals surface area contributed by atoms with E-state index < -0.39 is 38.4 Å². The van der Waals surface area contributed by atoms with Crippen LogP contribution in [0.5, 0.6) is 5.88 Å². The molecule has 3 N–H and O–H groups in total. The van der Waals surface area contributed by atoms with Gasteiger partial charge in [0.15, 0.2) is 15.7 Å². The summed E-state index contributed by atoms with van der Waals surface area (Å²) >= 11 is 0. The second-order valence-corrected chi connectivity index (χ2v) is 11.0. The number of sulfone groups is 1. The Bertz CT molecular complexity index is 1400. The number of nitrogens with zero attached hydrogens (tertiary/aromatic N) is 4. The fraction of sp³-hybridized carbons (Fsp3) is 0.364. The van der Waals surface area contributed by atoms with Gasteiger partial charge in [0.2, 0.25) is 5.88 Å². The normalized spacial score (nSPS) is 21.1. The van der Waals surface area contributed by atoms with Crippen LogP contribution in [0.2, 0.25) is 0 Å². The number of hydrogen-bond donors (Lipinski definition) is 2. The molecule has 1 aliphatic heterocycles. The van der Waals surface area contributed by atoms with Gasteiger partial charge in [0.25, 0.3) is 0 Å². The lowest BCUT2D eigenvalue weighted by Gasteiger charge is -2.38. The number of alkyl halides is 1. The highest BCUT2D eigenvalue weighted by Crippen LogP contribution is 2.39. The largest absolute Gasteiger partial charge is 0.477 e. The van der Waals surface area contributed by atoms with Crippen molar-refractivity contribution in [1.82, 2.24) is 15.0 Å². The Morgan fingerprint density at radius 2 is 2.00 bits per heavy atom. The van der Waals surface area contributed by atoms with Gasteiger partial charge in [0, 0.05) is 17.4 Å². The third-order valence-electron chi connectivity index (χ3n) is 5.84. The van der Waals surface area contributed by atoms with Crippen LogP contribution in [0.4, 0.5) is 20.3 Å². The van der Waals surface area contributed by atoms with Crippen LogP contribution in [0.15, 0.2) is 41.7 Å². The standard InChI is InChI=1S/C22H24F2N6O3S/c1-4-33-17-10-27-18-16(29-17)7-8-26-19(18)28-13-5-6-15(24)14(9-13)22(11-23)12-34(31,32)21(2,3)20(25)30-22/h5-10H,4,11-12H2,1-3H3,(H2,25,30)(H,26,28)/t22-/m0/s1. The summed E-state index contributed by atoms with van der Waals surface area (Å²) < 4.78 is 58.9. The van der Waals surface area contributed by atoms with Gasteiger partial charge >= 0.3 is 0 Å². The van der Waals surface area contributed by atoms with Crippen molar-refractivity contribution in [2.45, 2.75) is 31.1 Å². The molecule has 0 saturated heterocycles. The number of nitrogens with two attached hydrogens (primary N) is 1. The molecular weight excluding hydrogens is 466 g/mol. The van der Waals surface area contributed by atoms with E-state index in [1.807, 2.05) is 6.92 Å². The predicted octanol–water partition coefficient (Wildman–Crippen LogP) is 3.04. The summed E-state index contributed by atoms with van der Waals surface area (Å²) in [4.78, 5) is 17.1. The maximum absolute atomic E-state index is 14.9. The summed E-state index contributed by atoms with van der Waals surface area (Å²) in [5, 5.41) is 3.02. The molecular formula is C22H24F2N6O3S. The van der Waals surface area contributed by atoms with Crippen LogP contribution in [0.1, 0.15) is 26.3 Å². The van der Waals surface area contributed by atoms with E-state index in [4.69, 9.17) is 10.5 Å². The maximum atomic E-state index is 14.9. The summed E-state index contributed by atoms with van der Waals surface area (Å²) in [5.74, 6) is -1.12. The number of fused-ring (bicyclic) bond motifs is 1. The Kier molecular flexibility index (Phi) is 5.88. The zero-order valence-electron chi connectivity index (χ0n) is 18.8. The number of anilines is 2. The van der Waals surface area contributed by atoms with Gasteiger partial charge in [-0.1, -0.05) is 0 Å². The Hall–Kier alpha value is -3.41. The van der Waals surface area contributed by atoms with E-state index in [2.05, 4.69) is 25.3 Å². The molecule has 0 aliphatic carbocycles. The van der Waals surface area contributed by atoms with Gasteiger partial charge < -0.3 is 15.8 Å². The lowest BCUT2D eigenvalue weighted by Crippen LogP contribution is -2.56. The van der Waals surface area contributed by atoms with Crippen molar-refractivity contribution < 1.29 is 21.9 Å². The second-order valence-electron chi connectivity index (χ2n) is 8.42. The van der Waals surface area contributed by atoms with Crippen molar-refractivity contribution in [2.24, 2.45) is 10.7 Å². The average Bonchev–Trinajstić information content (AvgIpc) is 2.79. The number of pyridine rings is 1. The number of aromatic nitrogens is 3. The fourth-order valence-corrected chi connectivity index (χ4v) is 5.31. The summed E-state index contributed by atoms with van der Waals surface area (Å²) in [6.07, 6.45) is 2.97. The first-order chi connectivity index (χ1) is 16.0. The number of nitrogens with one attached hydrogen (secondary N) is 1. The highest BCUT2D eigenvalue weighted by molar-refractivity contribution is 7.93. The molecule has 2 aromatic heterocycles. The van der Waals surface area contributed by atoms with E-state index >= 15 is 0 Å². The van der Waals surface area contributed by atoms with Crippen molar-refractivity contribution in [1.29, 1.82) is 0 Å². The monoisotopic (exact) mass is 490 g/mol. The first kappa shape index (κ1) is 23.7. The van der Waals surface area contributed by atoms with Gasteiger partial charge in [0.05, 0.1) is 24.1 Å². The Morgan fingerprint density at radius 3 is 2.68 bits per heavy atom. The minimum Gasteiger partial charge on any atom is -0.477 e. The van der Waals surface area contributed by atoms with E-state index in [1.54, 1.807) is 6.07 Å². The predicted molar refractivity (Wildman–Crippen MR) is 125 cm³/mol. The Labute approximate surface area is 195 Å². The third kappa shape index (κ3) is 3.91. The van der Waals surface area contributed by atoms with Gasteiger partial charge in [-0.3, -0.25) is 4.99 Å². The molecule has 0 spiro atoms. The first-order valence-corrected chi connectivity index (χ1v) is 12.1. The molecule has 4 rings (SSSR count). The third-order valence-corrected chi connectivity index (χ3v) is 8.46. The molecule has 0 saturated carbocycles. The number of ether oxygens (including phenoxy) is 1. The molecule has 0 unspecified atom stereocenters. The number of rotatable bonds is 6. The van der Waals surface area contributed by atoms with Crippen LogP contribution in [-0.2, 0) is 15.4 Å². The molecule has 34 heavy (non-hydrogen) atoms. The quantitative estimate of drug-likeness (QED) is 0.539. The van der Waals surface area contributed by atoms with E-state index in [-0.39, 0.29) is 11.4 Å². The zero-order valence-corrected chi connectivity index (χ0v) is 19.7. The zero-order chi connectivity index (χ0) is 24.7. The molecule has 0 fully saturated rings. The molecule has 1 aliphatic rings. The van der Waals surface area contributed by atoms with Gasteiger partial charge in [0.1, 0.15) is 34.1 Å². The van der Waals surface area contributed by atoms with E-state index in [1.165, 1.54) is 38.4 Å². The highest BCUT2D eigenvalue weighted by atomic mass is 32.2. The smallest absolute Gasteiger partial charge is 0.232 e. The van der Waals surface area contributed by atoms with Crippen LogP contribution >= 0.6 is 0 Å². The number of benzene rings is 1. The first-order valence-electron chi connectivity index (χ1n) is 10.5. The Morgan fingerprint density at radius 1 is 1.24 bits per heavy atom. The molecule has 0 amide bonds. The molecule has 1 aromatic carbocycles. The molecule has 3 heterocycles. The van der Waals surface area contributed by atoms with Gasteiger partial charge in [-0.2, -0.15) is 0 Å². The molecule has 12 heteroatoms. The maximum Gasteiger partial charge on any atom is 0.232 e. The molecule has 9 nitrogen and oxygen atoms in total. The number of aliphatic imine (C=N–C) groups is 1. The second kappa shape index (κ2) is 8.42. The van der Waals surface area contributed by atoms with Crippen molar-refractivity contribution in [3.63, 3.8) is 0 Å². The Balaban J connectivity index is 1.77. The topological polar surface area (TPSA) is 132 Å². The van der Waals surface area contributed by atoms with Crippen LogP contribution in [0.3, 0.4) is 0 Å². The van der Waals surface area contributed by atoms with E-state index in [9.17, 15) is 17.2 Å². The number of halogens is 2. The van der Waals surface area contributed by atoms with E-state index in [0.717, 1.165) is 6.07 Å². The minimum absolute atomic E-state index is 0.230. The summed E-state index contributed by atoms with van der Waals surface area (Å²) in [6, 6.07) is 5.50. The lowest BCUT2D eigenvalue weighted by atomic mass is 9.92. The molecule has 0 bridgehead atoms. The summed E-state index contributed by atoms with van der Waals surface area (Å²) in [7, 11) is -3.93. The van der Waals surface area contributed by atoms with Gasteiger partial charge in [-0.15, -0.1) is 0 Å². The van der Waals surface area contributed by atoms with Crippen LogP contribution in [0.25, 0.3) is 11.0 Å². The number of amidine groups is 1. The van der Waals surface area contributed by atoms with Crippen molar-refractivity contribution in [2.75, 3.05) is 24.4 Å². The minimum atomic E-state index is -3.93. The molecule has 1 atom stereocenters. The highest BCUT2D eigenvalue weighted by Gasteiger charge is 2.51. The fourth-order valence-electron chi connectivity index (χ4n) is 3.66. The van der Waals surface area contributed by atoms with Crippen molar-refractivity contribution in [3.8, 4) is 5.88 Å². The van der Waals surface area contributed by atoms with Gasteiger partial charge in [-0.25, -0.2) is 32.2 Å². The SMILES string of the molecule is CCOc1cnc2c(Nc3ccc(F)c([C@]4(CF)CS(=O)(=O)C(C)(C)C(N)=N4)c3)nccc2n1. The van der Waals surface area contributed by atoms with Crippen LogP contribution < -0.4 is 15.8 Å². The molecule has 3 aromatic rings. The molecule has 180 valence electrons. The van der Waals surface area contributed by atoms with E-state index in [0.29, 0.717) is 35.0 Å². The van der Waals surface area contributed by atoms with Crippen molar-refractivity contribution in [3.05, 3.63) is 48.0 Å². The summed E-state index contributed by atoms with van der Waals surface area (Å²) in [5.41, 5.74) is 4.96. The van der Waals surface area contributed by atoms with Crippen molar-refractivity contribution >= 4 is 38.2 Å². The number of hydrogen-bond acceptors (Lipinski definition) is 9. The summed E-state index contributed by atoms with van der Waals surface area (Å²) in [6.45, 7) is 3.80. The average molecular weight is 491 g/mol. The molecule has 0 radical (unpaired) electrons. The van der Waals surface area contributed by atoms with Crippen LogP contribution in [-0.4, -0.2) is 53.0 Å². The lowest BCUT2D eigenvalue weighted by molar-refractivity contribution is 0.324. The van der Waals surface area contributed by atoms with Gasteiger partial charge in [-0.05, 0) is 45.0 Å². The van der Waals surface area contributed by atoms with Crippen LogP contribution in [0, 0.1) is 5.82 Å².